The molecule has 0 aromatic heterocycles. The third-order valence-corrected chi connectivity index (χ3v) is 2.64. The van der Waals surface area contributed by atoms with Gasteiger partial charge in [-0.25, -0.2) is 0 Å². The average Bonchev–Trinajstić information content (AvgIpc) is 2.16. The number of hydrogen-bond donors (Lipinski definition) is 0. The lowest BCUT2D eigenvalue weighted by molar-refractivity contribution is 0.528. The lowest BCUT2D eigenvalue weighted by Gasteiger charge is -2.06. The van der Waals surface area contributed by atoms with Crippen molar-refractivity contribution in [3.05, 3.63) is 19.1 Å². The van der Waals surface area contributed by atoms with Crippen LogP contribution < -0.4 is 0 Å². The smallest absolute Gasteiger partial charge is 0.0353 e. The molecule has 0 bridgehead atoms. The second-order valence-electron chi connectivity index (χ2n) is 3.94. The van der Waals surface area contributed by atoms with Crippen LogP contribution in [0.1, 0.15) is 58.8 Å². The SMILES string of the molecule is C=CCCCCCCCC(C)[CH]C. The molecular formula is C13H25. The van der Waals surface area contributed by atoms with E-state index >= 15 is 0 Å². The monoisotopic (exact) mass is 181 g/mol. The van der Waals surface area contributed by atoms with E-state index in [1.807, 2.05) is 6.08 Å². The summed E-state index contributed by atoms with van der Waals surface area (Å²) in [5.74, 6) is 0.813. The zero-order valence-electron chi connectivity index (χ0n) is 9.39. The van der Waals surface area contributed by atoms with Gasteiger partial charge in [-0.1, -0.05) is 52.0 Å². The fourth-order valence-electron chi connectivity index (χ4n) is 1.45. The molecule has 0 heteroatoms. The van der Waals surface area contributed by atoms with E-state index in [0.29, 0.717) is 0 Å². The first kappa shape index (κ1) is 12.7. The lowest BCUT2D eigenvalue weighted by atomic mass is 10.00. The summed E-state index contributed by atoms with van der Waals surface area (Å²) in [7, 11) is 0. The minimum atomic E-state index is 0.813. The van der Waals surface area contributed by atoms with E-state index < -0.39 is 0 Å². The Kier molecular flexibility index (Phi) is 9.63. The van der Waals surface area contributed by atoms with Crippen LogP contribution in [0.4, 0.5) is 0 Å². The van der Waals surface area contributed by atoms with Gasteiger partial charge in [-0.15, -0.1) is 6.58 Å². The highest BCUT2D eigenvalue weighted by atomic mass is 14.0. The third kappa shape index (κ3) is 9.66. The molecule has 0 aromatic rings. The van der Waals surface area contributed by atoms with Crippen LogP contribution in [-0.4, -0.2) is 0 Å². The molecule has 0 N–H and O–H groups in total. The van der Waals surface area contributed by atoms with Crippen molar-refractivity contribution < 1.29 is 0 Å². The van der Waals surface area contributed by atoms with Gasteiger partial charge < -0.3 is 0 Å². The van der Waals surface area contributed by atoms with Crippen molar-refractivity contribution in [3.63, 3.8) is 0 Å². The topological polar surface area (TPSA) is 0 Å². The summed E-state index contributed by atoms with van der Waals surface area (Å²) in [6.45, 7) is 8.19. The van der Waals surface area contributed by atoms with Crippen molar-refractivity contribution in [2.75, 3.05) is 0 Å². The molecular weight excluding hydrogens is 156 g/mol. The maximum atomic E-state index is 3.72. The molecule has 0 heterocycles. The maximum Gasteiger partial charge on any atom is -0.0353 e. The van der Waals surface area contributed by atoms with E-state index in [4.69, 9.17) is 0 Å². The van der Waals surface area contributed by atoms with Gasteiger partial charge in [-0.3, -0.25) is 0 Å². The van der Waals surface area contributed by atoms with Crippen LogP contribution in [-0.2, 0) is 0 Å². The molecule has 1 atom stereocenters. The van der Waals surface area contributed by atoms with Crippen molar-refractivity contribution in [2.24, 2.45) is 5.92 Å². The van der Waals surface area contributed by atoms with Gasteiger partial charge in [0.25, 0.3) is 0 Å². The molecule has 77 valence electrons. The van der Waals surface area contributed by atoms with Crippen LogP contribution in [0, 0.1) is 12.3 Å². The molecule has 0 saturated carbocycles. The van der Waals surface area contributed by atoms with E-state index in [2.05, 4.69) is 26.8 Å². The fraction of sp³-hybridized carbons (Fsp3) is 0.769. The Bertz CT molecular complexity index is 105. The highest BCUT2D eigenvalue weighted by Gasteiger charge is 1.97. The van der Waals surface area contributed by atoms with Crippen molar-refractivity contribution in [3.8, 4) is 0 Å². The third-order valence-electron chi connectivity index (χ3n) is 2.64. The summed E-state index contributed by atoms with van der Waals surface area (Å²) in [4.78, 5) is 0. The molecule has 0 aliphatic rings. The normalized spacial score (nSPS) is 12.8. The van der Waals surface area contributed by atoms with Crippen molar-refractivity contribution in [1.29, 1.82) is 0 Å². The number of rotatable bonds is 9. The molecule has 13 heavy (non-hydrogen) atoms. The van der Waals surface area contributed by atoms with Crippen LogP contribution in [0.15, 0.2) is 12.7 Å². The molecule has 0 rings (SSSR count). The maximum absolute atomic E-state index is 3.72. The molecule has 0 aliphatic heterocycles. The molecule has 0 aromatic carbocycles. The minimum Gasteiger partial charge on any atom is -0.103 e. The second kappa shape index (κ2) is 9.83. The number of hydrogen-bond acceptors (Lipinski definition) is 0. The Morgan fingerprint density at radius 1 is 1.08 bits per heavy atom. The second-order valence-corrected chi connectivity index (χ2v) is 3.94. The van der Waals surface area contributed by atoms with Gasteiger partial charge in [0, 0.05) is 0 Å². The Labute approximate surface area is 84.4 Å². The number of unbranched alkanes of at least 4 members (excludes halogenated alkanes) is 5. The van der Waals surface area contributed by atoms with Gasteiger partial charge in [-0.2, -0.15) is 0 Å². The number of allylic oxidation sites excluding steroid dienone is 1. The minimum absolute atomic E-state index is 0.813. The quantitative estimate of drug-likeness (QED) is 0.355. The summed E-state index contributed by atoms with van der Waals surface area (Å²) in [5.41, 5.74) is 0. The standard InChI is InChI=1S/C13H25/c1-4-6-7-8-9-10-11-12-13(3)5-2/h4-5,13H,1,6-12H2,2-3H3. The molecule has 0 saturated heterocycles. The largest absolute Gasteiger partial charge is 0.103 e. The van der Waals surface area contributed by atoms with Gasteiger partial charge in [-0.05, 0) is 25.2 Å². The summed E-state index contributed by atoms with van der Waals surface area (Å²) in [6.07, 6.45) is 13.8. The highest BCUT2D eigenvalue weighted by Crippen LogP contribution is 2.13. The molecule has 1 unspecified atom stereocenters. The van der Waals surface area contributed by atoms with Crippen LogP contribution >= 0.6 is 0 Å². The van der Waals surface area contributed by atoms with Gasteiger partial charge in [0.1, 0.15) is 0 Å². The summed E-state index contributed by atoms with van der Waals surface area (Å²) >= 11 is 0. The summed E-state index contributed by atoms with van der Waals surface area (Å²) in [6, 6.07) is 0. The van der Waals surface area contributed by atoms with Gasteiger partial charge in [0.15, 0.2) is 0 Å². The van der Waals surface area contributed by atoms with Crippen molar-refractivity contribution in [2.45, 2.75) is 58.8 Å². The van der Waals surface area contributed by atoms with Crippen LogP contribution in [0.25, 0.3) is 0 Å². The van der Waals surface area contributed by atoms with E-state index in [0.717, 1.165) is 5.92 Å². The summed E-state index contributed by atoms with van der Waals surface area (Å²) in [5, 5.41) is 0. The van der Waals surface area contributed by atoms with Crippen molar-refractivity contribution in [1.82, 2.24) is 0 Å². The van der Waals surface area contributed by atoms with E-state index in [1.54, 1.807) is 0 Å². The lowest BCUT2D eigenvalue weighted by Crippen LogP contribution is -1.92. The first-order valence-electron chi connectivity index (χ1n) is 5.71. The molecule has 0 fully saturated rings. The Morgan fingerprint density at radius 3 is 2.31 bits per heavy atom. The van der Waals surface area contributed by atoms with Gasteiger partial charge in [0.2, 0.25) is 0 Å². The molecule has 0 nitrogen and oxygen atoms in total. The van der Waals surface area contributed by atoms with E-state index in [1.165, 1.54) is 44.9 Å². The predicted octanol–water partition coefficient (Wildman–Crippen LogP) is 4.76. The fourth-order valence-corrected chi connectivity index (χ4v) is 1.45. The molecule has 0 spiro atoms. The van der Waals surface area contributed by atoms with Crippen LogP contribution in [0.5, 0.6) is 0 Å². The Balaban J connectivity index is 2.95. The molecule has 0 amide bonds. The van der Waals surface area contributed by atoms with Gasteiger partial charge in [0.05, 0.1) is 0 Å². The zero-order chi connectivity index (χ0) is 9.94. The Morgan fingerprint density at radius 2 is 1.69 bits per heavy atom. The molecule has 0 aliphatic carbocycles. The van der Waals surface area contributed by atoms with Crippen LogP contribution in [0.2, 0.25) is 0 Å². The zero-order valence-corrected chi connectivity index (χ0v) is 9.39. The Hall–Kier alpha value is -0.260. The molecule has 1 radical (unpaired) electrons. The first-order chi connectivity index (χ1) is 6.31. The van der Waals surface area contributed by atoms with E-state index in [9.17, 15) is 0 Å². The average molecular weight is 181 g/mol. The highest BCUT2D eigenvalue weighted by molar-refractivity contribution is 4.67. The van der Waals surface area contributed by atoms with Crippen LogP contribution in [0.3, 0.4) is 0 Å². The predicted molar refractivity (Wildman–Crippen MR) is 61.7 cm³/mol. The summed E-state index contributed by atoms with van der Waals surface area (Å²) < 4.78 is 0. The first-order valence-corrected chi connectivity index (χ1v) is 5.71. The van der Waals surface area contributed by atoms with Crippen molar-refractivity contribution >= 4 is 0 Å². The van der Waals surface area contributed by atoms with E-state index in [-0.39, 0.29) is 0 Å². The van der Waals surface area contributed by atoms with Gasteiger partial charge >= 0.3 is 0 Å².